The molecule has 1 aliphatic rings. The lowest BCUT2D eigenvalue weighted by atomic mass is 9.73. The van der Waals surface area contributed by atoms with E-state index in [9.17, 15) is 5.11 Å². The van der Waals surface area contributed by atoms with Crippen LogP contribution in [-0.4, -0.2) is 27.1 Å². The van der Waals surface area contributed by atoms with Gasteiger partial charge in [0.25, 0.3) is 0 Å². The molecule has 2 N–H and O–H groups in total. The molecule has 1 saturated carbocycles. The van der Waals surface area contributed by atoms with E-state index in [-0.39, 0.29) is 11.5 Å². The second-order valence-electron chi connectivity index (χ2n) is 5.92. The third kappa shape index (κ3) is 2.60. The van der Waals surface area contributed by atoms with Crippen LogP contribution in [0.2, 0.25) is 5.15 Å². The lowest BCUT2D eigenvalue weighted by molar-refractivity contribution is 0.00110. The summed E-state index contributed by atoms with van der Waals surface area (Å²) in [6.45, 7) is 3.66. The van der Waals surface area contributed by atoms with Crippen molar-refractivity contribution in [1.82, 2.24) is 14.7 Å². The number of thiazole rings is 1. The molecule has 0 amide bonds. The Labute approximate surface area is 127 Å². The molecule has 2 aromatic heterocycles. The van der Waals surface area contributed by atoms with Crippen molar-refractivity contribution in [2.24, 2.45) is 5.41 Å². The van der Waals surface area contributed by atoms with E-state index in [0.717, 1.165) is 36.5 Å². The summed E-state index contributed by atoms with van der Waals surface area (Å²) in [5, 5.41) is 16.2. The number of imidazole rings is 1. The Hall–Kier alpha value is -0.620. The van der Waals surface area contributed by atoms with Crippen molar-refractivity contribution in [3.05, 3.63) is 22.4 Å². The highest BCUT2D eigenvalue weighted by Gasteiger charge is 2.34. The van der Waals surface area contributed by atoms with Gasteiger partial charge in [0.05, 0.1) is 11.8 Å². The molecule has 2 aromatic rings. The van der Waals surface area contributed by atoms with Crippen LogP contribution < -0.4 is 5.32 Å². The zero-order valence-corrected chi connectivity index (χ0v) is 13.2. The molecular formula is C14H20ClN3OS. The van der Waals surface area contributed by atoms with Crippen molar-refractivity contribution >= 4 is 27.9 Å². The number of halogens is 1. The third-order valence-corrected chi connectivity index (χ3v) is 5.47. The lowest BCUT2D eigenvalue weighted by Crippen LogP contribution is -2.43. The highest BCUT2D eigenvalue weighted by molar-refractivity contribution is 7.15. The topological polar surface area (TPSA) is 49.6 Å². The van der Waals surface area contributed by atoms with Crippen LogP contribution in [0, 0.1) is 5.41 Å². The average molecular weight is 314 g/mol. The summed E-state index contributed by atoms with van der Waals surface area (Å²) in [6, 6.07) is 0. The van der Waals surface area contributed by atoms with E-state index in [4.69, 9.17) is 11.6 Å². The van der Waals surface area contributed by atoms with Crippen LogP contribution in [0.15, 0.2) is 11.6 Å². The largest absolute Gasteiger partial charge is 0.393 e. The maximum atomic E-state index is 10.2. The van der Waals surface area contributed by atoms with Gasteiger partial charge in [-0.2, -0.15) is 0 Å². The van der Waals surface area contributed by atoms with Gasteiger partial charge in [-0.1, -0.05) is 31.4 Å². The summed E-state index contributed by atoms with van der Waals surface area (Å²) < 4.78 is 2.03. The molecule has 4 nitrogen and oxygen atoms in total. The molecule has 1 aliphatic carbocycles. The van der Waals surface area contributed by atoms with Crippen molar-refractivity contribution in [2.45, 2.75) is 45.3 Å². The van der Waals surface area contributed by atoms with Crippen LogP contribution in [0.5, 0.6) is 0 Å². The van der Waals surface area contributed by atoms with Crippen LogP contribution in [0.3, 0.4) is 0 Å². The van der Waals surface area contributed by atoms with Gasteiger partial charge < -0.3 is 10.4 Å². The van der Waals surface area contributed by atoms with Crippen molar-refractivity contribution in [2.75, 3.05) is 6.54 Å². The van der Waals surface area contributed by atoms with Crippen molar-refractivity contribution < 1.29 is 5.11 Å². The fraction of sp³-hybridized carbons (Fsp3) is 0.643. The first-order valence-corrected chi connectivity index (χ1v) is 8.35. The van der Waals surface area contributed by atoms with Gasteiger partial charge in [-0.25, -0.2) is 4.98 Å². The van der Waals surface area contributed by atoms with Gasteiger partial charge in [-0.3, -0.25) is 4.40 Å². The van der Waals surface area contributed by atoms with E-state index in [1.165, 1.54) is 6.42 Å². The monoisotopic (exact) mass is 313 g/mol. The Morgan fingerprint density at radius 2 is 2.45 bits per heavy atom. The number of rotatable bonds is 4. The molecule has 0 bridgehead atoms. The summed E-state index contributed by atoms with van der Waals surface area (Å²) in [5.74, 6) is 0. The van der Waals surface area contributed by atoms with Gasteiger partial charge in [0.15, 0.2) is 10.1 Å². The first-order chi connectivity index (χ1) is 9.60. The number of aliphatic hydroxyl groups is 1. The molecule has 0 aliphatic heterocycles. The van der Waals surface area contributed by atoms with Crippen LogP contribution in [0.4, 0.5) is 0 Å². The van der Waals surface area contributed by atoms with Gasteiger partial charge in [0.1, 0.15) is 0 Å². The molecule has 2 atom stereocenters. The molecule has 2 unspecified atom stereocenters. The Balaban J connectivity index is 1.65. The molecule has 0 spiro atoms. The van der Waals surface area contributed by atoms with E-state index < -0.39 is 0 Å². The summed E-state index contributed by atoms with van der Waals surface area (Å²) in [4.78, 5) is 5.25. The molecule has 3 rings (SSSR count). The number of nitrogens with zero attached hydrogens (tertiary/aromatic N) is 2. The second kappa shape index (κ2) is 5.64. The highest BCUT2D eigenvalue weighted by atomic mass is 35.5. The van der Waals surface area contributed by atoms with E-state index in [1.807, 2.05) is 16.0 Å². The van der Waals surface area contributed by atoms with Gasteiger partial charge >= 0.3 is 0 Å². The lowest BCUT2D eigenvalue weighted by Gasteiger charge is -2.38. The van der Waals surface area contributed by atoms with Crippen molar-refractivity contribution in [1.29, 1.82) is 0 Å². The molecule has 0 radical (unpaired) electrons. The molecule has 1 fully saturated rings. The van der Waals surface area contributed by atoms with E-state index in [0.29, 0.717) is 11.7 Å². The average Bonchev–Trinajstić information content (AvgIpc) is 2.96. The molecule has 0 aromatic carbocycles. The molecule has 0 saturated heterocycles. The molecular weight excluding hydrogens is 294 g/mol. The van der Waals surface area contributed by atoms with Crippen LogP contribution >= 0.6 is 22.9 Å². The molecule has 20 heavy (non-hydrogen) atoms. The maximum Gasteiger partial charge on any atom is 0.195 e. The van der Waals surface area contributed by atoms with Crippen molar-refractivity contribution in [3.63, 3.8) is 0 Å². The Kier molecular flexibility index (Phi) is 4.04. The summed E-state index contributed by atoms with van der Waals surface area (Å²) in [7, 11) is 0. The molecule has 2 heterocycles. The quantitative estimate of drug-likeness (QED) is 0.912. The van der Waals surface area contributed by atoms with Crippen LogP contribution in [0.25, 0.3) is 4.96 Å². The Morgan fingerprint density at radius 3 is 3.25 bits per heavy atom. The first-order valence-electron chi connectivity index (χ1n) is 7.09. The fourth-order valence-corrected chi connectivity index (χ4v) is 4.04. The smallest absolute Gasteiger partial charge is 0.195 e. The van der Waals surface area contributed by atoms with Crippen LogP contribution in [-0.2, 0) is 6.54 Å². The first kappa shape index (κ1) is 14.3. The van der Waals surface area contributed by atoms with Crippen molar-refractivity contribution in [3.8, 4) is 0 Å². The normalized spacial score (nSPS) is 27.2. The van der Waals surface area contributed by atoms with Crippen LogP contribution in [0.1, 0.15) is 38.3 Å². The minimum atomic E-state index is -0.203. The van der Waals surface area contributed by atoms with Gasteiger partial charge in [0, 0.05) is 30.1 Å². The van der Waals surface area contributed by atoms with E-state index in [1.54, 1.807) is 11.3 Å². The fourth-order valence-electron chi connectivity index (χ4n) is 3.02. The number of aliphatic hydroxyl groups excluding tert-OH is 1. The number of hydrogen-bond donors (Lipinski definition) is 2. The highest BCUT2D eigenvalue weighted by Crippen LogP contribution is 2.35. The minimum absolute atomic E-state index is 0.0246. The SMILES string of the molecule is CC1(CNCc2c(Cl)nc3sccn23)CCCCC1O. The zero-order chi connectivity index (χ0) is 14.2. The Morgan fingerprint density at radius 1 is 1.60 bits per heavy atom. The van der Waals surface area contributed by atoms with E-state index >= 15 is 0 Å². The van der Waals surface area contributed by atoms with E-state index in [2.05, 4.69) is 17.2 Å². The molecule has 110 valence electrons. The summed E-state index contributed by atoms with van der Waals surface area (Å²) >= 11 is 7.76. The zero-order valence-electron chi connectivity index (χ0n) is 11.6. The number of aromatic nitrogens is 2. The third-order valence-electron chi connectivity index (χ3n) is 4.41. The van der Waals surface area contributed by atoms with Gasteiger partial charge in [-0.15, -0.1) is 11.3 Å². The Bertz CT molecular complexity index is 596. The number of nitrogens with one attached hydrogen (secondary N) is 1. The predicted octanol–water partition coefficient (Wildman–Crippen LogP) is 3.08. The second-order valence-corrected chi connectivity index (χ2v) is 7.16. The van der Waals surface area contributed by atoms with Gasteiger partial charge in [-0.05, 0) is 12.8 Å². The number of fused-ring (bicyclic) bond motifs is 1. The summed E-state index contributed by atoms with van der Waals surface area (Å²) in [6.07, 6.45) is 6.13. The standard InChI is InChI=1S/C14H20ClN3OS/c1-14(5-3-2-4-11(14)19)9-16-8-10-12(15)17-13-18(10)6-7-20-13/h6-7,11,16,19H,2-5,8-9H2,1H3. The molecule has 6 heteroatoms. The predicted molar refractivity (Wildman–Crippen MR) is 82.4 cm³/mol. The van der Waals surface area contributed by atoms with Gasteiger partial charge in [0.2, 0.25) is 0 Å². The number of hydrogen-bond acceptors (Lipinski definition) is 4. The maximum absolute atomic E-state index is 10.2. The summed E-state index contributed by atoms with van der Waals surface area (Å²) in [5.41, 5.74) is 0.972. The minimum Gasteiger partial charge on any atom is -0.393 e.